The first-order chi connectivity index (χ1) is 16.8. The SMILES string of the molecule is C=C(CCCCC)Oc1c2c(c(OC(=O)CCCCC)c3c1S/C(=C(/C)C#N)S3)SC(=C(C)C)S2. The molecule has 2 heterocycles. The van der Waals surface area contributed by atoms with E-state index in [1.54, 1.807) is 23.5 Å². The van der Waals surface area contributed by atoms with Crippen molar-refractivity contribution in [2.24, 2.45) is 0 Å². The summed E-state index contributed by atoms with van der Waals surface area (Å²) < 4.78 is 14.6. The molecule has 1 aromatic carbocycles. The highest BCUT2D eigenvalue weighted by molar-refractivity contribution is 8.25. The lowest BCUT2D eigenvalue weighted by Gasteiger charge is -2.18. The largest absolute Gasteiger partial charge is 0.460 e. The summed E-state index contributed by atoms with van der Waals surface area (Å²) in [6, 6.07) is 2.26. The molecular formula is C27H33NO3S4. The van der Waals surface area contributed by atoms with Gasteiger partial charge in [-0.1, -0.05) is 98.7 Å². The number of carbonyl (C=O) groups excluding carboxylic acids is 1. The van der Waals surface area contributed by atoms with Gasteiger partial charge in [0.1, 0.15) is 0 Å². The fraction of sp³-hybridized carbons (Fsp3) is 0.481. The number of thioether (sulfide) groups is 4. The van der Waals surface area contributed by atoms with Gasteiger partial charge in [0.25, 0.3) is 0 Å². The summed E-state index contributed by atoms with van der Waals surface area (Å²) in [5.74, 6) is 1.90. The number of ether oxygens (including phenoxy) is 2. The number of benzene rings is 1. The molecule has 0 bridgehead atoms. The Morgan fingerprint density at radius 1 is 0.800 bits per heavy atom. The van der Waals surface area contributed by atoms with E-state index in [0.717, 1.165) is 80.3 Å². The number of hydrogen-bond acceptors (Lipinski definition) is 8. The van der Waals surface area contributed by atoms with E-state index in [1.165, 1.54) is 33.3 Å². The smallest absolute Gasteiger partial charge is 0.311 e. The Balaban J connectivity index is 2.09. The van der Waals surface area contributed by atoms with E-state index in [1.807, 2.05) is 6.92 Å². The van der Waals surface area contributed by atoms with Crippen molar-refractivity contribution in [3.05, 3.63) is 32.0 Å². The third-order valence-corrected chi connectivity index (χ3v) is 11.2. The zero-order valence-corrected chi connectivity index (χ0v) is 24.4. The number of rotatable bonds is 11. The van der Waals surface area contributed by atoms with Crippen molar-refractivity contribution >= 4 is 53.0 Å². The normalized spacial score (nSPS) is 15.4. The minimum absolute atomic E-state index is 0.211. The molecule has 0 saturated carbocycles. The second-order valence-corrected chi connectivity index (χ2v) is 13.3. The average molecular weight is 548 g/mol. The maximum atomic E-state index is 12.8. The summed E-state index contributed by atoms with van der Waals surface area (Å²) in [5.41, 5.74) is 1.86. The summed E-state index contributed by atoms with van der Waals surface area (Å²) in [6.45, 7) is 14.5. The van der Waals surface area contributed by atoms with Crippen molar-refractivity contribution in [1.82, 2.24) is 0 Å². The summed E-state index contributed by atoms with van der Waals surface area (Å²) in [6.07, 6.45) is 7.39. The van der Waals surface area contributed by atoms with Crippen LogP contribution in [0.4, 0.5) is 0 Å². The maximum Gasteiger partial charge on any atom is 0.311 e. The van der Waals surface area contributed by atoms with Gasteiger partial charge in [-0.2, -0.15) is 5.26 Å². The zero-order valence-electron chi connectivity index (χ0n) is 21.2. The molecule has 0 saturated heterocycles. The van der Waals surface area contributed by atoms with Gasteiger partial charge in [-0.15, -0.1) is 0 Å². The lowest BCUT2D eigenvalue weighted by atomic mass is 10.2. The monoisotopic (exact) mass is 547 g/mol. The maximum absolute atomic E-state index is 12.8. The van der Waals surface area contributed by atoms with Crippen LogP contribution in [0, 0.1) is 11.3 Å². The van der Waals surface area contributed by atoms with Crippen LogP contribution in [0.3, 0.4) is 0 Å². The molecule has 0 atom stereocenters. The molecular weight excluding hydrogens is 515 g/mol. The molecule has 0 radical (unpaired) electrons. The van der Waals surface area contributed by atoms with Gasteiger partial charge in [0, 0.05) is 22.7 Å². The van der Waals surface area contributed by atoms with Crippen LogP contribution in [0.2, 0.25) is 0 Å². The molecule has 0 amide bonds. The minimum Gasteiger partial charge on any atom is -0.460 e. The van der Waals surface area contributed by atoms with Gasteiger partial charge in [0.05, 0.1) is 35.6 Å². The Morgan fingerprint density at radius 2 is 1.29 bits per heavy atom. The van der Waals surface area contributed by atoms with Gasteiger partial charge >= 0.3 is 5.97 Å². The molecule has 8 heteroatoms. The van der Waals surface area contributed by atoms with Crippen LogP contribution in [-0.4, -0.2) is 5.97 Å². The molecule has 1 aromatic rings. The van der Waals surface area contributed by atoms with Gasteiger partial charge in [-0.05, 0) is 33.6 Å². The van der Waals surface area contributed by atoms with Crippen LogP contribution in [0.25, 0.3) is 0 Å². The highest BCUT2D eigenvalue weighted by Gasteiger charge is 2.38. The Labute approximate surface area is 226 Å². The standard InChI is InChI=1S/C27H33NO3S4/c1-7-9-11-13-18(6)30-20-22-24(33-26(32-22)16(3)4)21(31-19(29)14-12-10-8-2)25-23(20)34-27(35-25)17(5)15-28/h6-14H2,1-5H3/b27-17+. The lowest BCUT2D eigenvalue weighted by molar-refractivity contribution is -0.134. The van der Waals surface area contributed by atoms with E-state index in [4.69, 9.17) is 9.47 Å². The van der Waals surface area contributed by atoms with Crippen LogP contribution >= 0.6 is 47.0 Å². The molecule has 0 aromatic heterocycles. The minimum atomic E-state index is -0.211. The Morgan fingerprint density at radius 3 is 1.77 bits per heavy atom. The Hall–Kier alpha value is -1.40. The number of unbranched alkanes of at least 4 members (excludes halogenated alkanes) is 4. The number of allylic oxidation sites excluding steroid dienone is 3. The molecule has 4 nitrogen and oxygen atoms in total. The summed E-state index contributed by atoms with van der Waals surface area (Å²) >= 11 is 6.33. The van der Waals surface area contributed by atoms with Gasteiger partial charge < -0.3 is 9.47 Å². The quantitative estimate of drug-likeness (QED) is 0.0891. The fourth-order valence-corrected chi connectivity index (χ4v) is 8.64. The van der Waals surface area contributed by atoms with Crippen LogP contribution < -0.4 is 9.47 Å². The Kier molecular flexibility index (Phi) is 10.7. The van der Waals surface area contributed by atoms with Crippen LogP contribution in [0.5, 0.6) is 11.5 Å². The van der Waals surface area contributed by atoms with Crippen molar-refractivity contribution < 1.29 is 14.3 Å². The topological polar surface area (TPSA) is 59.3 Å². The van der Waals surface area contributed by atoms with Crippen LogP contribution in [0.15, 0.2) is 51.5 Å². The molecule has 2 aliphatic heterocycles. The number of nitriles is 1. The second-order valence-electron chi connectivity index (χ2n) is 8.72. The predicted octanol–water partition coefficient (Wildman–Crippen LogP) is 10.0. The number of carbonyl (C=O) groups is 1. The van der Waals surface area contributed by atoms with Crippen molar-refractivity contribution in [2.75, 3.05) is 0 Å². The number of nitrogens with zero attached hydrogens (tertiary/aromatic N) is 1. The summed E-state index contributed by atoms with van der Waals surface area (Å²) in [5, 5.41) is 9.53. The molecule has 0 fully saturated rings. The van der Waals surface area contributed by atoms with Crippen molar-refractivity contribution in [2.45, 2.75) is 106 Å². The summed E-state index contributed by atoms with van der Waals surface area (Å²) in [4.78, 5) is 16.5. The van der Waals surface area contributed by atoms with Crippen molar-refractivity contribution in [3.8, 4) is 17.6 Å². The lowest BCUT2D eigenvalue weighted by Crippen LogP contribution is -2.09. The molecule has 0 N–H and O–H groups in total. The van der Waals surface area contributed by atoms with Crippen molar-refractivity contribution in [3.63, 3.8) is 0 Å². The molecule has 188 valence electrons. The third-order valence-electron chi connectivity index (χ3n) is 5.40. The molecule has 0 spiro atoms. The first kappa shape index (κ1) is 28.2. The van der Waals surface area contributed by atoms with E-state index >= 15 is 0 Å². The van der Waals surface area contributed by atoms with Crippen LogP contribution in [-0.2, 0) is 4.79 Å². The molecule has 0 unspecified atom stereocenters. The first-order valence-electron chi connectivity index (χ1n) is 12.1. The van der Waals surface area contributed by atoms with Crippen molar-refractivity contribution in [1.29, 1.82) is 5.26 Å². The van der Waals surface area contributed by atoms with E-state index in [0.29, 0.717) is 17.7 Å². The summed E-state index contributed by atoms with van der Waals surface area (Å²) in [7, 11) is 0. The second kappa shape index (κ2) is 13.2. The fourth-order valence-electron chi connectivity index (χ4n) is 3.44. The zero-order chi connectivity index (χ0) is 25.5. The number of fused-ring (bicyclic) bond motifs is 2. The molecule has 2 aliphatic rings. The van der Waals surface area contributed by atoms with Gasteiger partial charge in [0.15, 0.2) is 11.5 Å². The van der Waals surface area contributed by atoms with Gasteiger partial charge in [-0.3, -0.25) is 4.79 Å². The highest BCUT2D eigenvalue weighted by Crippen LogP contribution is 2.68. The molecule has 0 aliphatic carbocycles. The third kappa shape index (κ3) is 6.88. The van der Waals surface area contributed by atoms with Crippen LogP contribution in [0.1, 0.15) is 86.0 Å². The van der Waals surface area contributed by atoms with E-state index < -0.39 is 0 Å². The highest BCUT2D eigenvalue weighted by atomic mass is 32.2. The molecule has 3 rings (SSSR count). The van der Waals surface area contributed by atoms with Gasteiger partial charge in [0.2, 0.25) is 0 Å². The van der Waals surface area contributed by atoms with Gasteiger partial charge in [-0.25, -0.2) is 0 Å². The average Bonchev–Trinajstić information content (AvgIpc) is 3.47. The van der Waals surface area contributed by atoms with E-state index in [9.17, 15) is 10.1 Å². The number of hydrogen-bond donors (Lipinski definition) is 0. The number of esters is 1. The van der Waals surface area contributed by atoms with E-state index in [-0.39, 0.29) is 5.97 Å². The Bertz CT molecular complexity index is 1040. The molecule has 35 heavy (non-hydrogen) atoms. The van der Waals surface area contributed by atoms with E-state index in [2.05, 4.69) is 40.3 Å². The first-order valence-corrected chi connectivity index (χ1v) is 15.4. The predicted molar refractivity (Wildman–Crippen MR) is 150 cm³/mol.